The van der Waals surface area contributed by atoms with Crippen molar-refractivity contribution >= 4 is 11.1 Å². The van der Waals surface area contributed by atoms with Gasteiger partial charge < -0.3 is 0 Å². The summed E-state index contributed by atoms with van der Waals surface area (Å²) < 4.78 is 0. The summed E-state index contributed by atoms with van der Waals surface area (Å²) in [7, 11) is 0. The first kappa shape index (κ1) is 17.7. The van der Waals surface area contributed by atoms with Gasteiger partial charge >= 0.3 is 0 Å². The standard InChI is InChI=1S/C25H30/c1-16(2)21-12-13-25(6,7)24-14-18(4)22(15-23(21)24)19(5)20-10-8-17(3)9-11-20/h8-12,14-16H,5,13H2,1-4,6-7H3. The van der Waals surface area contributed by atoms with Gasteiger partial charge in [0.1, 0.15) is 0 Å². The second-order valence-electron chi connectivity index (χ2n) is 8.46. The predicted octanol–water partition coefficient (Wildman–Crippen LogP) is 7.09. The molecule has 0 fully saturated rings. The van der Waals surface area contributed by atoms with E-state index >= 15 is 0 Å². The van der Waals surface area contributed by atoms with E-state index in [0.29, 0.717) is 5.92 Å². The van der Waals surface area contributed by atoms with E-state index in [1.54, 1.807) is 0 Å². The van der Waals surface area contributed by atoms with Gasteiger partial charge in [-0.25, -0.2) is 0 Å². The lowest BCUT2D eigenvalue weighted by Gasteiger charge is -2.34. The monoisotopic (exact) mass is 330 g/mol. The zero-order chi connectivity index (χ0) is 18.4. The zero-order valence-electron chi connectivity index (χ0n) is 16.5. The maximum absolute atomic E-state index is 4.42. The summed E-state index contributed by atoms with van der Waals surface area (Å²) >= 11 is 0. The largest absolute Gasteiger partial charge is 0.0905 e. The molecule has 0 saturated heterocycles. The Labute approximate surface area is 153 Å². The summed E-state index contributed by atoms with van der Waals surface area (Å²) in [6.45, 7) is 18.1. The molecule has 0 radical (unpaired) electrons. The number of hydrogen-bond donors (Lipinski definition) is 0. The summed E-state index contributed by atoms with van der Waals surface area (Å²) in [6, 6.07) is 13.5. The molecule has 130 valence electrons. The molecule has 0 saturated carbocycles. The fraction of sp³-hybridized carbons (Fsp3) is 0.360. The van der Waals surface area contributed by atoms with E-state index in [4.69, 9.17) is 0 Å². The normalized spacial score (nSPS) is 15.7. The first-order chi connectivity index (χ1) is 11.7. The Balaban J connectivity index is 2.15. The number of rotatable bonds is 3. The summed E-state index contributed by atoms with van der Waals surface area (Å²) in [5.74, 6) is 0.540. The van der Waals surface area contributed by atoms with E-state index in [0.717, 1.165) is 12.0 Å². The van der Waals surface area contributed by atoms with Crippen LogP contribution in [0.2, 0.25) is 0 Å². The van der Waals surface area contributed by atoms with E-state index < -0.39 is 0 Å². The molecule has 0 aliphatic heterocycles. The fourth-order valence-electron chi connectivity index (χ4n) is 3.87. The SMILES string of the molecule is C=C(c1ccc(C)cc1)c1cc2c(cc1C)C(C)(C)CC=C2C(C)C. The van der Waals surface area contributed by atoms with Crippen molar-refractivity contribution in [1.82, 2.24) is 0 Å². The van der Waals surface area contributed by atoms with Crippen LogP contribution in [0.15, 0.2) is 49.1 Å². The zero-order valence-corrected chi connectivity index (χ0v) is 16.5. The lowest BCUT2D eigenvalue weighted by Crippen LogP contribution is -2.23. The van der Waals surface area contributed by atoms with Gasteiger partial charge in [0, 0.05) is 0 Å². The van der Waals surface area contributed by atoms with Crippen LogP contribution in [-0.2, 0) is 5.41 Å². The van der Waals surface area contributed by atoms with Crippen molar-refractivity contribution in [2.75, 3.05) is 0 Å². The second kappa shape index (κ2) is 6.33. The van der Waals surface area contributed by atoms with E-state index in [1.165, 1.54) is 39.0 Å². The average molecular weight is 331 g/mol. The molecule has 0 amide bonds. The van der Waals surface area contributed by atoms with Gasteiger partial charge in [-0.2, -0.15) is 0 Å². The van der Waals surface area contributed by atoms with Gasteiger partial charge in [-0.1, -0.05) is 76.2 Å². The molecule has 1 aliphatic rings. The average Bonchev–Trinajstić information content (AvgIpc) is 2.55. The molecule has 0 nitrogen and oxygen atoms in total. The molecule has 2 aromatic carbocycles. The number of allylic oxidation sites excluding steroid dienone is 2. The maximum atomic E-state index is 4.42. The van der Waals surface area contributed by atoms with E-state index in [-0.39, 0.29) is 5.41 Å². The predicted molar refractivity (Wildman–Crippen MR) is 111 cm³/mol. The third kappa shape index (κ3) is 3.23. The van der Waals surface area contributed by atoms with Crippen molar-refractivity contribution in [3.63, 3.8) is 0 Å². The van der Waals surface area contributed by atoms with Crippen LogP contribution in [0.25, 0.3) is 11.1 Å². The van der Waals surface area contributed by atoms with Crippen LogP contribution in [0.3, 0.4) is 0 Å². The number of benzene rings is 2. The minimum atomic E-state index is 0.197. The lowest BCUT2D eigenvalue weighted by molar-refractivity contribution is 0.523. The van der Waals surface area contributed by atoms with Crippen molar-refractivity contribution in [1.29, 1.82) is 0 Å². The minimum absolute atomic E-state index is 0.197. The molecule has 0 bridgehead atoms. The van der Waals surface area contributed by atoms with Crippen LogP contribution < -0.4 is 0 Å². The highest BCUT2D eigenvalue weighted by atomic mass is 14.3. The molecule has 25 heavy (non-hydrogen) atoms. The van der Waals surface area contributed by atoms with Gasteiger partial charge in [0.15, 0.2) is 0 Å². The van der Waals surface area contributed by atoms with Crippen LogP contribution in [0.1, 0.15) is 67.5 Å². The molecule has 3 rings (SSSR count). The van der Waals surface area contributed by atoms with Gasteiger partial charge in [0.05, 0.1) is 0 Å². The van der Waals surface area contributed by atoms with E-state index in [1.807, 2.05) is 0 Å². The number of hydrogen-bond acceptors (Lipinski definition) is 0. The molecule has 0 aromatic heterocycles. The summed E-state index contributed by atoms with van der Waals surface area (Å²) in [5.41, 5.74) is 10.8. The van der Waals surface area contributed by atoms with E-state index in [2.05, 4.69) is 90.6 Å². The third-order valence-electron chi connectivity index (χ3n) is 5.58. The number of fused-ring (bicyclic) bond motifs is 1. The van der Waals surface area contributed by atoms with Crippen LogP contribution in [0.4, 0.5) is 0 Å². The minimum Gasteiger partial charge on any atom is -0.0905 e. The quantitative estimate of drug-likeness (QED) is 0.563. The Morgan fingerprint density at radius 2 is 1.68 bits per heavy atom. The molecule has 0 unspecified atom stereocenters. The van der Waals surface area contributed by atoms with Gasteiger partial charge in [-0.15, -0.1) is 0 Å². The first-order valence-electron chi connectivity index (χ1n) is 9.32. The molecule has 0 heterocycles. The maximum Gasteiger partial charge on any atom is -0.00628 e. The van der Waals surface area contributed by atoms with Crippen LogP contribution >= 0.6 is 0 Å². The second-order valence-corrected chi connectivity index (χ2v) is 8.46. The van der Waals surface area contributed by atoms with Crippen LogP contribution in [0, 0.1) is 19.8 Å². The highest BCUT2D eigenvalue weighted by Gasteiger charge is 2.30. The third-order valence-corrected chi connectivity index (χ3v) is 5.58. The molecule has 0 spiro atoms. The number of aryl methyl sites for hydroxylation is 2. The van der Waals surface area contributed by atoms with Gasteiger partial charge in [0.2, 0.25) is 0 Å². The highest BCUT2D eigenvalue weighted by Crippen LogP contribution is 2.43. The van der Waals surface area contributed by atoms with Gasteiger partial charge in [-0.3, -0.25) is 0 Å². The van der Waals surface area contributed by atoms with Gasteiger partial charge in [0.25, 0.3) is 0 Å². The Morgan fingerprint density at radius 3 is 2.28 bits per heavy atom. The van der Waals surface area contributed by atoms with Crippen LogP contribution in [-0.4, -0.2) is 0 Å². The molecule has 0 N–H and O–H groups in total. The fourth-order valence-corrected chi connectivity index (χ4v) is 3.87. The molecule has 0 heteroatoms. The first-order valence-corrected chi connectivity index (χ1v) is 9.32. The van der Waals surface area contributed by atoms with Crippen molar-refractivity contribution < 1.29 is 0 Å². The molecule has 0 atom stereocenters. The Kier molecular flexibility index (Phi) is 4.49. The Hall–Kier alpha value is -2.08. The summed E-state index contributed by atoms with van der Waals surface area (Å²) in [5, 5.41) is 0. The van der Waals surface area contributed by atoms with Crippen molar-refractivity contribution in [2.45, 2.75) is 53.4 Å². The van der Waals surface area contributed by atoms with Crippen molar-refractivity contribution in [3.05, 3.63) is 82.4 Å². The topological polar surface area (TPSA) is 0 Å². The van der Waals surface area contributed by atoms with E-state index in [9.17, 15) is 0 Å². The summed E-state index contributed by atoms with van der Waals surface area (Å²) in [4.78, 5) is 0. The lowest BCUT2D eigenvalue weighted by atomic mass is 9.70. The molecule has 2 aromatic rings. The Bertz CT molecular complexity index is 842. The highest BCUT2D eigenvalue weighted by molar-refractivity contribution is 5.84. The van der Waals surface area contributed by atoms with Gasteiger partial charge in [-0.05, 0) is 76.6 Å². The van der Waals surface area contributed by atoms with Crippen molar-refractivity contribution in [2.24, 2.45) is 5.92 Å². The summed E-state index contributed by atoms with van der Waals surface area (Å²) in [6.07, 6.45) is 3.56. The molecular weight excluding hydrogens is 300 g/mol. The molecular formula is C25H30. The van der Waals surface area contributed by atoms with Crippen molar-refractivity contribution in [3.8, 4) is 0 Å². The van der Waals surface area contributed by atoms with Crippen LogP contribution in [0.5, 0.6) is 0 Å². The Morgan fingerprint density at radius 1 is 1.04 bits per heavy atom. The molecule has 1 aliphatic carbocycles. The smallest absolute Gasteiger partial charge is 0.00628 e.